The van der Waals surface area contributed by atoms with E-state index in [1.807, 2.05) is 12.1 Å². The molecule has 1 unspecified atom stereocenters. The van der Waals surface area contributed by atoms with Crippen molar-refractivity contribution in [2.45, 2.75) is 55.5 Å². The predicted octanol–water partition coefficient (Wildman–Crippen LogP) is 7.35. The Bertz CT molecular complexity index is 2120. The van der Waals surface area contributed by atoms with Crippen LogP contribution in [0.15, 0.2) is 72.0 Å². The van der Waals surface area contributed by atoms with Crippen LogP contribution in [-0.4, -0.2) is 54.3 Å². The Hall–Kier alpha value is -5.19. The molecule has 1 aliphatic carbocycles. The molecule has 17 heteroatoms. The van der Waals surface area contributed by atoms with E-state index in [1.54, 1.807) is 38.3 Å². The maximum atomic E-state index is 13.6. The van der Waals surface area contributed by atoms with Gasteiger partial charge >= 0.3 is 24.4 Å². The molecule has 0 N–H and O–H groups in total. The summed E-state index contributed by atoms with van der Waals surface area (Å²) in [7, 11) is -2.49. The second-order valence-electron chi connectivity index (χ2n) is 12.2. The highest BCUT2D eigenvalue weighted by Crippen LogP contribution is 2.58. The Labute approximate surface area is 286 Å². The van der Waals surface area contributed by atoms with E-state index in [1.165, 1.54) is 6.07 Å². The number of hydrogen-bond acceptors (Lipinski definition) is 9. The molecule has 1 saturated carbocycles. The summed E-state index contributed by atoms with van der Waals surface area (Å²) >= 11 is 0. The zero-order chi connectivity index (χ0) is 37.1. The molecule has 3 aromatic carbocycles. The van der Waals surface area contributed by atoms with E-state index in [9.17, 15) is 44.3 Å². The van der Waals surface area contributed by atoms with Crippen LogP contribution in [0.25, 0.3) is 11.1 Å². The largest absolute Gasteiger partial charge is 0.497 e. The predicted molar refractivity (Wildman–Crippen MR) is 166 cm³/mol. The van der Waals surface area contributed by atoms with Gasteiger partial charge in [0.25, 0.3) is 0 Å². The molecule has 0 radical (unpaired) electrons. The Balaban J connectivity index is 1.31. The van der Waals surface area contributed by atoms with Gasteiger partial charge < -0.3 is 14.2 Å². The number of rotatable bonds is 8. The fraction of sp³-hybridized carbons (Fsp3) is 0.294. The lowest BCUT2D eigenvalue weighted by Crippen LogP contribution is -2.36. The van der Waals surface area contributed by atoms with Crippen LogP contribution in [0.4, 0.5) is 31.1 Å². The number of benzene rings is 3. The van der Waals surface area contributed by atoms with E-state index in [-0.39, 0.29) is 35.9 Å². The molecule has 4 aromatic rings. The van der Waals surface area contributed by atoms with E-state index in [0.717, 1.165) is 28.5 Å². The lowest BCUT2D eigenvalue weighted by atomic mass is 9.95. The van der Waals surface area contributed by atoms with E-state index >= 15 is 0 Å². The fourth-order valence-corrected chi connectivity index (χ4v) is 6.47. The van der Waals surface area contributed by atoms with Crippen molar-refractivity contribution in [1.82, 2.24) is 14.9 Å². The normalized spacial score (nSPS) is 17.0. The quantitative estimate of drug-likeness (QED) is 0.104. The highest BCUT2D eigenvalue weighted by atomic mass is 32.2. The summed E-state index contributed by atoms with van der Waals surface area (Å²) in [5.41, 5.74) is -2.86. The molecule has 1 saturated heterocycles. The number of cyclic esters (lactones) is 1. The highest BCUT2D eigenvalue weighted by molar-refractivity contribution is 7.90. The molecule has 2 aliphatic rings. The van der Waals surface area contributed by atoms with Gasteiger partial charge in [-0.15, -0.1) is 0 Å². The minimum absolute atomic E-state index is 0.0278. The number of nitrogens with zero attached hydrogens (tertiary/aromatic N) is 3. The van der Waals surface area contributed by atoms with Crippen LogP contribution in [0.3, 0.4) is 0 Å². The molecular formula is C34H27F6N3O7S. The van der Waals surface area contributed by atoms with Gasteiger partial charge in [0, 0.05) is 6.26 Å². The van der Waals surface area contributed by atoms with Gasteiger partial charge in [0.2, 0.25) is 15.0 Å². The fourth-order valence-electron chi connectivity index (χ4n) is 5.95. The third-order valence-corrected chi connectivity index (χ3v) is 9.51. The summed E-state index contributed by atoms with van der Waals surface area (Å²) in [6, 6.07) is 13.0. The maximum Gasteiger partial charge on any atom is 0.416 e. The molecule has 2 fully saturated rings. The van der Waals surface area contributed by atoms with Gasteiger partial charge in [-0.25, -0.2) is 28.0 Å². The van der Waals surface area contributed by atoms with Gasteiger partial charge in [-0.1, -0.05) is 18.2 Å². The minimum atomic E-state index is -5.13. The van der Waals surface area contributed by atoms with Crippen molar-refractivity contribution >= 4 is 21.9 Å². The lowest BCUT2D eigenvalue weighted by Gasteiger charge is -2.25. The summed E-state index contributed by atoms with van der Waals surface area (Å²) in [5.74, 6) is -0.564. The van der Waals surface area contributed by atoms with Crippen molar-refractivity contribution in [1.29, 1.82) is 0 Å². The number of carbonyl (C=O) groups excluding carboxylic acids is 2. The smallest absolute Gasteiger partial charge is 0.416 e. The summed E-state index contributed by atoms with van der Waals surface area (Å²) in [4.78, 5) is 35.4. The van der Waals surface area contributed by atoms with Crippen molar-refractivity contribution in [2.24, 2.45) is 0 Å². The first-order chi connectivity index (χ1) is 23.8. The first-order valence-corrected chi connectivity index (χ1v) is 17.0. The van der Waals surface area contributed by atoms with Crippen LogP contribution in [0, 0.1) is 6.92 Å². The minimum Gasteiger partial charge on any atom is -0.497 e. The second-order valence-corrected chi connectivity index (χ2v) is 14.1. The van der Waals surface area contributed by atoms with E-state index in [0.29, 0.717) is 23.4 Å². The zero-order valence-electron chi connectivity index (χ0n) is 26.9. The molecule has 51 heavy (non-hydrogen) atoms. The number of sulfone groups is 1. The summed E-state index contributed by atoms with van der Waals surface area (Å²) in [6.45, 7) is 1.20. The zero-order valence-corrected chi connectivity index (χ0v) is 27.7. The Kier molecular flexibility index (Phi) is 8.76. The van der Waals surface area contributed by atoms with Crippen LogP contribution < -0.4 is 9.47 Å². The molecule has 0 bridgehead atoms. The van der Waals surface area contributed by atoms with Gasteiger partial charge in [0.1, 0.15) is 11.4 Å². The summed E-state index contributed by atoms with van der Waals surface area (Å²) < 4.78 is 123. The number of amides is 1. The Morgan fingerprint density at radius 3 is 2.14 bits per heavy atom. The van der Waals surface area contributed by atoms with E-state index in [2.05, 4.69) is 9.97 Å². The van der Waals surface area contributed by atoms with Gasteiger partial charge in [-0.2, -0.15) is 26.3 Å². The number of aromatic nitrogens is 2. The van der Waals surface area contributed by atoms with Crippen molar-refractivity contribution in [3.63, 3.8) is 0 Å². The van der Waals surface area contributed by atoms with Crippen molar-refractivity contribution in [3.05, 3.63) is 100 Å². The van der Waals surface area contributed by atoms with Crippen LogP contribution >= 0.6 is 0 Å². The third-order valence-electron chi connectivity index (χ3n) is 8.65. The average Bonchev–Trinajstić information content (AvgIpc) is 3.81. The Morgan fingerprint density at radius 2 is 1.61 bits per heavy atom. The highest BCUT2D eigenvalue weighted by Gasteiger charge is 2.64. The molecule has 268 valence electrons. The van der Waals surface area contributed by atoms with Crippen molar-refractivity contribution < 1.29 is 58.6 Å². The molecule has 2 heterocycles. The van der Waals surface area contributed by atoms with Crippen LogP contribution in [0.2, 0.25) is 0 Å². The number of ether oxygens (including phenoxy) is 3. The number of alkyl halides is 6. The first kappa shape index (κ1) is 35.6. The Morgan fingerprint density at radius 1 is 0.980 bits per heavy atom. The van der Waals surface area contributed by atoms with Crippen LogP contribution in [-0.2, 0) is 33.5 Å². The van der Waals surface area contributed by atoms with E-state index in [4.69, 9.17) is 14.2 Å². The second kappa shape index (κ2) is 12.5. The number of aryl methyl sites for hydroxylation is 1. The lowest BCUT2D eigenvalue weighted by molar-refractivity contribution is -0.143. The molecule has 1 aliphatic heterocycles. The first-order valence-electron chi connectivity index (χ1n) is 15.1. The standard InChI is InChI=1S/C34H27F6N3O7S/c1-18-12-20(6-9-25(18)19-4-7-24(48-2)8-5-19)29(44)49-27-16-41-30(51(3,46)47)42-26(27)17-43-31(45)50-28(32(43)10-11-32)21-13-22(33(35,36)37)15-23(14-21)34(38,39)40/h4-9,12-16,28H,10-11,17H2,1-3H3. The van der Waals surface area contributed by atoms with Crippen molar-refractivity contribution in [3.8, 4) is 22.6 Å². The molecular weight excluding hydrogens is 708 g/mol. The maximum absolute atomic E-state index is 13.6. The van der Waals surface area contributed by atoms with E-state index < -0.39 is 74.3 Å². The topological polar surface area (TPSA) is 125 Å². The molecule has 6 rings (SSSR count). The molecule has 1 amide bonds. The SMILES string of the molecule is COc1ccc(-c2ccc(C(=O)Oc3cnc(S(C)(=O)=O)nc3CN3C(=O)OC(c4cc(C(F)(F)F)cc(C(F)(F)F)c4)C34CC4)cc2C)cc1. The summed E-state index contributed by atoms with van der Waals surface area (Å²) in [6.07, 6.45) is -10.9. The van der Waals surface area contributed by atoms with Gasteiger partial charge in [0.05, 0.1) is 42.1 Å². The third kappa shape index (κ3) is 7.07. The van der Waals surface area contributed by atoms with Crippen molar-refractivity contribution in [2.75, 3.05) is 13.4 Å². The number of halogens is 6. The van der Waals surface area contributed by atoms with Gasteiger partial charge in [0.15, 0.2) is 11.9 Å². The molecule has 1 aromatic heterocycles. The monoisotopic (exact) mass is 735 g/mol. The average molecular weight is 736 g/mol. The molecule has 10 nitrogen and oxygen atoms in total. The summed E-state index contributed by atoms with van der Waals surface area (Å²) in [5, 5.41) is -0.682. The van der Waals surface area contributed by atoms with Gasteiger partial charge in [-0.3, -0.25) is 4.90 Å². The molecule has 1 atom stereocenters. The number of carbonyl (C=O) groups is 2. The van der Waals surface area contributed by atoms with Crippen LogP contribution in [0.1, 0.15) is 57.3 Å². The van der Waals surface area contributed by atoms with Crippen LogP contribution in [0.5, 0.6) is 11.5 Å². The van der Waals surface area contributed by atoms with Gasteiger partial charge in [-0.05, 0) is 84.5 Å². The number of methoxy groups -OCH3 is 1. The number of hydrogen-bond donors (Lipinski definition) is 0. The number of esters is 1. The molecule has 1 spiro atoms.